The van der Waals surface area contributed by atoms with Crippen LogP contribution in [-0.4, -0.2) is 4.98 Å². The number of benzene rings is 2. The Morgan fingerprint density at radius 2 is 1.90 bits per heavy atom. The van der Waals surface area contributed by atoms with Gasteiger partial charge in [0.25, 0.3) is 0 Å². The van der Waals surface area contributed by atoms with E-state index in [4.69, 9.17) is 17.3 Å². The van der Waals surface area contributed by atoms with Crippen molar-refractivity contribution < 1.29 is 0 Å². The number of hydrogen-bond donors (Lipinski definition) is 2. The topological polar surface area (TPSA) is 50.9 Å². The lowest BCUT2D eigenvalue weighted by Crippen LogP contribution is -2.00. The largest absolute Gasteiger partial charge is 0.396 e. The van der Waals surface area contributed by atoms with Crippen LogP contribution in [0.1, 0.15) is 5.56 Å². The normalized spacial score (nSPS) is 10.7. The average molecular weight is 284 g/mol. The first-order valence-electron chi connectivity index (χ1n) is 6.32. The molecule has 0 amide bonds. The van der Waals surface area contributed by atoms with Crippen LogP contribution in [0.5, 0.6) is 0 Å². The van der Waals surface area contributed by atoms with Gasteiger partial charge in [-0.2, -0.15) is 0 Å². The van der Waals surface area contributed by atoms with Gasteiger partial charge in [-0.15, -0.1) is 0 Å². The molecule has 1 heterocycles. The van der Waals surface area contributed by atoms with Gasteiger partial charge in [0, 0.05) is 16.1 Å². The van der Waals surface area contributed by atoms with Gasteiger partial charge < -0.3 is 11.1 Å². The SMILES string of the molecule is Cc1c(Cl)cccc1Nc1c(N)cnc2ccccc12. The fourth-order valence-electron chi connectivity index (χ4n) is 2.17. The minimum absolute atomic E-state index is 0.614. The summed E-state index contributed by atoms with van der Waals surface area (Å²) in [5.74, 6) is 0. The molecule has 0 aliphatic carbocycles. The summed E-state index contributed by atoms with van der Waals surface area (Å²) in [7, 11) is 0. The number of rotatable bonds is 2. The molecule has 4 heteroatoms. The lowest BCUT2D eigenvalue weighted by Gasteiger charge is -2.14. The van der Waals surface area contributed by atoms with E-state index in [2.05, 4.69) is 10.3 Å². The molecule has 20 heavy (non-hydrogen) atoms. The first-order chi connectivity index (χ1) is 9.66. The van der Waals surface area contributed by atoms with Crippen molar-refractivity contribution in [3.63, 3.8) is 0 Å². The van der Waals surface area contributed by atoms with Gasteiger partial charge in [-0.05, 0) is 30.7 Å². The zero-order valence-electron chi connectivity index (χ0n) is 11.0. The highest BCUT2D eigenvalue weighted by atomic mass is 35.5. The monoisotopic (exact) mass is 283 g/mol. The number of nitrogens with zero attached hydrogens (tertiary/aromatic N) is 1. The third-order valence-electron chi connectivity index (χ3n) is 3.33. The second kappa shape index (κ2) is 5.02. The highest BCUT2D eigenvalue weighted by Gasteiger charge is 2.09. The fraction of sp³-hybridized carbons (Fsp3) is 0.0625. The quantitative estimate of drug-likeness (QED) is 0.727. The molecular formula is C16H14ClN3. The van der Waals surface area contributed by atoms with Crippen molar-refractivity contribution in [1.82, 2.24) is 4.98 Å². The van der Waals surface area contributed by atoms with Gasteiger partial charge in [-0.3, -0.25) is 4.98 Å². The maximum Gasteiger partial charge on any atom is 0.0746 e. The second-order valence-electron chi connectivity index (χ2n) is 4.64. The highest BCUT2D eigenvalue weighted by molar-refractivity contribution is 6.31. The Morgan fingerprint density at radius 1 is 1.10 bits per heavy atom. The van der Waals surface area contributed by atoms with Crippen molar-refractivity contribution in [3.8, 4) is 0 Å². The number of nitrogens with two attached hydrogens (primary N) is 1. The van der Waals surface area contributed by atoms with Crippen LogP contribution in [0.2, 0.25) is 5.02 Å². The van der Waals surface area contributed by atoms with Gasteiger partial charge in [-0.1, -0.05) is 35.9 Å². The average Bonchev–Trinajstić information content (AvgIpc) is 2.46. The lowest BCUT2D eigenvalue weighted by molar-refractivity contribution is 1.39. The van der Waals surface area contributed by atoms with E-state index < -0.39 is 0 Å². The molecule has 3 nitrogen and oxygen atoms in total. The maximum absolute atomic E-state index is 6.15. The Morgan fingerprint density at radius 3 is 2.75 bits per heavy atom. The minimum atomic E-state index is 0.614. The van der Waals surface area contributed by atoms with Gasteiger partial charge in [0.15, 0.2) is 0 Å². The third kappa shape index (κ3) is 2.17. The van der Waals surface area contributed by atoms with E-state index in [1.165, 1.54) is 0 Å². The highest BCUT2D eigenvalue weighted by Crippen LogP contribution is 2.33. The number of fused-ring (bicyclic) bond motifs is 1. The Balaban J connectivity index is 2.15. The molecule has 0 spiro atoms. The van der Waals surface area contributed by atoms with Gasteiger partial charge in [0.05, 0.1) is 23.1 Å². The van der Waals surface area contributed by atoms with Crippen LogP contribution in [0.3, 0.4) is 0 Å². The Kier molecular flexibility index (Phi) is 3.20. The molecule has 0 radical (unpaired) electrons. The van der Waals surface area contributed by atoms with Crippen molar-refractivity contribution in [3.05, 3.63) is 59.2 Å². The van der Waals surface area contributed by atoms with Gasteiger partial charge >= 0.3 is 0 Å². The summed E-state index contributed by atoms with van der Waals surface area (Å²) in [5, 5.41) is 5.10. The zero-order valence-corrected chi connectivity index (χ0v) is 11.8. The number of para-hydroxylation sites is 1. The van der Waals surface area contributed by atoms with Gasteiger partial charge in [-0.25, -0.2) is 0 Å². The summed E-state index contributed by atoms with van der Waals surface area (Å²) in [6.45, 7) is 1.98. The van der Waals surface area contributed by atoms with Crippen molar-refractivity contribution in [2.24, 2.45) is 0 Å². The molecule has 0 saturated heterocycles. The number of halogens is 1. The molecule has 2 aromatic carbocycles. The first kappa shape index (κ1) is 12.8. The molecule has 0 aliphatic rings. The van der Waals surface area contributed by atoms with E-state index >= 15 is 0 Å². The molecule has 1 aromatic heterocycles. The van der Waals surface area contributed by atoms with Crippen LogP contribution in [0.4, 0.5) is 17.1 Å². The van der Waals surface area contributed by atoms with Crippen LogP contribution >= 0.6 is 11.6 Å². The summed E-state index contributed by atoms with van der Waals surface area (Å²) >= 11 is 6.15. The second-order valence-corrected chi connectivity index (χ2v) is 5.05. The fourth-order valence-corrected chi connectivity index (χ4v) is 2.35. The number of nitrogens with one attached hydrogen (secondary N) is 1. The molecule has 3 aromatic rings. The molecule has 0 unspecified atom stereocenters. The Labute approximate surface area is 122 Å². The molecule has 3 rings (SSSR count). The molecule has 0 aliphatic heterocycles. The van der Waals surface area contributed by atoms with Crippen molar-refractivity contribution in [2.45, 2.75) is 6.92 Å². The van der Waals surface area contributed by atoms with E-state index in [9.17, 15) is 0 Å². The Hall–Kier alpha value is -2.26. The van der Waals surface area contributed by atoms with Crippen LogP contribution in [0.15, 0.2) is 48.7 Å². The van der Waals surface area contributed by atoms with Crippen molar-refractivity contribution in [2.75, 3.05) is 11.1 Å². The smallest absolute Gasteiger partial charge is 0.0746 e. The number of pyridine rings is 1. The summed E-state index contributed by atoms with van der Waals surface area (Å²) in [6, 6.07) is 13.7. The third-order valence-corrected chi connectivity index (χ3v) is 3.74. The molecule has 0 bridgehead atoms. The maximum atomic E-state index is 6.15. The van der Waals surface area contributed by atoms with Crippen LogP contribution in [0.25, 0.3) is 10.9 Å². The molecular weight excluding hydrogens is 270 g/mol. The summed E-state index contributed by atoms with van der Waals surface area (Å²) in [6.07, 6.45) is 1.67. The van der Waals surface area contributed by atoms with Crippen LogP contribution in [-0.2, 0) is 0 Å². The van der Waals surface area contributed by atoms with E-state index in [0.717, 1.165) is 32.9 Å². The van der Waals surface area contributed by atoms with Crippen molar-refractivity contribution in [1.29, 1.82) is 0 Å². The number of aromatic nitrogens is 1. The van der Waals surface area contributed by atoms with E-state index in [0.29, 0.717) is 5.69 Å². The lowest BCUT2D eigenvalue weighted by atomic mass is 10.1. The predicted octanol–water partition coefficient (Wildman–Crippen LogP) is 4.52. The van der Waals surface area contributed by atoms with Crippen molar-refractivity contribution >= 4 is 39.6 Å². The number of anilines is 3. The summed E-state index contributed by atoms with van der Waals surface area (Å²) < 4.78 is 0. The van der Waals surface area contributed by atoms with Crippen LogP contribution < -0.4 is 11.1 Å². The summed E-state index contributed by atoms with van der Waals surface area (Å²) in [5.41, 5.74) is 10.4. The first-order valence-corrected chi connectivity index (χ1v) is 6.70. The number of nitrogen functional groups attached to an aromatic ring is 1. The zero-order chi connectivity index (χ0) is 14.1. The van der Waals surface area contributed by atoms with E-state index in [-0.39, 0.29) is 0 Å². The minimum Gasteiger partial charge on any atom is -0.396 e. The van der Waals surface area contributed by atoms with Gasteiger partial charge in [0.1, 0.15) is 0 Å². The summed E-state index contributed by atoms with van der Waals surface area (Å²) in [4.78, 5) is 4.33. The predicted molar refractivity (Wildman–Crippen MR) is 85.6 cm³/mol. The standard InChI is InChI=1S/C16H14ClN3/c1-10-12(17)6-4-8-14(10)20-16-11-5-2-3-7-15(11)19-9-13(16)18/h2-9H,18H2,1H3,(H,19,20). The van der Waals surface area contributed by atoms with E-state index in [1.807, 2.05) is 49.4 Å². The molecule has 0 saturated carbocycles. The molecule has 0 fully saturated rings. The molecule has 100 valence electrons. The number of hydrogen-bond acceptors (Lipinski definition) is 3. The Bertz CT molecular complexity index is 784. The van der Waals surface area contributed by atoms with Crippen LogP contribution in [0, 0.1) is 6.92 Å². The molecule has 0 atom stereocenters. The molecule has 3 N–H and O–H groups in total. The van der Waals surface area contributed by atoms with Gasteiger partial charge in [0.2, 0.25) is 0 Å². The van der Waals surface area contributed by atoms with E-state index in [1.54, 1.807) is 6.20 Å².